The fraction of sp³-hybridized carbons (Fsp3) is 0.579. The molecule has 0 aliphatic carbocycles. The molecule has 0 unspecified atom stereocenters. The van der Waals surface area contributed by atoms with Crippen LogP contribution in [0.3, 0.4) is 0 Å². The summed E-state index contributed by atoms with van der Waals surface area (Å²) in [4.78, 5) is 25.6. The molecule has 0 bridgehead atoms. The lowest BCUT2D eigenvalue weighted by Gasteiger charge is -2.31. The zero-order chi connectivity index (χ0) is 18.9. The molecule has 1 saturated heterocycles. The minimum atomic E-state index is -0.265. The van der Waals surface area contributed by atoms with Crippen LogP contribution in [0, 0.1) is 0 Å². The summed E-state index contributed by atoms with van der Waals surface area (Å²) in [5, 5.41) is 6.39. The second kappa shape index (κ2) is 10.5. The van der Waals surface area contributed by atoms with Crippen molar-refractivity contribution in [2.75, 3.05) is 26.2 Å². The zero-order valence-electron chi connectivity index (χ0n) is 15.5. The van der Waals surface area contributed by atoms with Gasteiger partial charge in [0, 0.05) is 29.6 Å². The summed E-state index contributed by atoms with van der Waals surface area (Å²) in [7, 11) is 0. The van der Waals surface area contributed by atoms with Crippen molar-refractivity contribution in [3.63, 3.8) is 0 Å². The van der Waals surface area contributed by atoms with Gasteiger partial charge in [0.1, 0.15) is 0 Å². The zero-order valence-corrected chi connectivity index (χ0v) is 17.0. The van der Waals surface area contributed by atoms with Crippen LogP contribution < -0.4 is 10.6 Å². The van der Waals surface area contributed by atoms with E-state index in [1.165, 1.54) is 5.56 Å². The van der Waals surface area contributed by atoms with Crippen LogP contribution in [-0.2, 0) is 9.53 Å². The Morgan fingerprint density at radius 2 is 1.88 bits per heavy atom. The van der Waals surface area contributed by atoms with E-state index in [9.17, 15) is 9.59 Å². The third-order valence-electron chi connectivity index (χ3n) is 4.58. The fourth-order valence-corrected chi connectivity index (χ4v) is 3.37. The molecule has 0 spiro atoms. The first kappa shape index (κ1) is 20.7. The van der Waals surface area contributed by atoms with Gasteiger partial charge >= 0.3 is 6.09 Å². The Balaban J connectivity index is 1.73. The monoisotopic (exact) mass is 425 g/mol. The highest BCUT2D eigenvalue weighted by molar-refractivity contribution is 9.10. The predicted octanol–water partition coefficient (Wildman–Crippen LogP) is 3.23. The number of hydrogen-bond donors (Lipinski definition) is 2. The highest BCUT2D eigenvalue weighted by Gasteiger charge is 2.24. The number of nitrogens with zero attached hydrogens (tertiary/aromatic N) is 1. The molecule has 1 fully saturated rings. The lowest BCUT2D eigenvalue weighted by Crippen LogP contribution is -2.48. The SMILES string of the molecule is CCOC(=O)N1CCC(NC(=O)CN[C@@H](CC)c2ccc(Br)cc2)CC1. The highest BCUT2D eigenvalue weighted by atomic mass is 79.9. The van der Waals surface area contributed by atoms with Gasteiger partial charge in [-0.2, -0.15) is 0 Å². The number of likely N-dealkylation sites (tertiary alicyclic amines) is 1. The largest absolute Gasteiger partial charge is 0.450 e. The molecule has 1 aromatic carbocycles. The average Bonchev–Trinajstić information content (AvgIpc) is 2.64. The number of carbonyl (C=O) groups is 2. The van der Waals surface area contributed by atoms with Gasteiger partial charge in [-0.1, -0.05) is 35.0 Å². The Kier molecular flexibility index (Phi) is 8.38. The molecule has 1 aliphatic heterocycles. The van der Waals surface area contributed by atoms with E-state index in [1.807, 2.05) is 12.1 Å². The van der Waals surface area contributed by atoms with Gasteiger partial charge in [-0.3, -0.25) is 4.79 Å². The van der Waals surface area contributed by atoms with Crippen molar-refractivity contribution in [2.45, 2.75) is 45.2 Å². The van der Waals surface area contributed by atoms with Crippen molar-refractivity contribution < 1.29 is 14.3 Å². The van der Waals surface area contributed by atoms with Crippen LogP contribution in [0.5, 0.6) is 0 Å². The maximum absolute atomic E-state index is 12.2. The lowest BCUT2D eigenvalue weighted by molar-refractivity contribution is -0.121. The number of benzene rings is 1. The van der Waals surface area contributed by atoms with E-state index < -0.39 is 0 Å². The van der Waals surface area contributed by atoms with Crippen molar-refractivity contribution >= 4 is 27.9 Å². The van der Waals surface area contributed by atoms with Crippen LogP contribution >= 0.6 is 15.9 Å². The molecule has 1 aromatic rings. The first-order chi connectivity index (χ1) is 12.5. The molecule has 2 rings (SSSR count). The molecule has 0 aromatic heterocycles. The first-order valence-corrected chi connectivity index (χ1v) is 10.0. The van der Waals surface area contributed by atoms with E-state index in [4.69, 9.17) is 4.74 Å². The fourth-order valence-electron chi connectivity index (χ4n) is 3.11. The smallest absolute Gasteiger partial charge is 0.409 e. The molecule has 2 N–H and O–H groups in total. The molecule has 1 atom stereocenters. The molecule has 6 nitrogen and oxygen atoms in total. The summed E-state index contributed by atoms with van der Waals surface area (Å²) in [5.41, 5.74) is 1.17. The van der Waals surface area contributed by atoms with Crippen molar-refractivity contribution in [3.05, 3.63) is 34.3 Å². The Morgan fingerprint density at radius 1 is 1.23 bits per heavy atom. The molecule has 1 heterocycles. The molecule has 144 valence electrons. The third kappa shape index (κ3) is 6.29. The van der Waals surface area contributed by atoms with Crippen molar-refractivity contribution in [2.24, 2.45) is 0 Å². The van der Waals surface area contributed by atoms with E-state index in [1.54, 1.807) is 11.8 Å². The summed E-state index contributed by atoms with van der Waals surface area (Å²) in [6, 6.07) is 8.42. The summed E-state index contributed by atoms with van der Waals surface area (Å²) < 4.78 is 6.06. The second-order valence-electron chi connectivity index (χ2n) is 6.42. The highest BCUT2D eigenvalue weighted by Crippen LogP contribution is 2.19. The Labute approximate surface area is 163 Å². The molecule has 1 aliphatic rings. The van der Waals surface area contributed by atoms with Crippen LogP contribution in [0.15, 0.2) is 28.7 Å². The lowest BCUT2D eigenvalue weighted by atomic mass is 10.0. The Bertz CT molecular complexity index is 586. The summed E-state index contributed by atoms with van der Waals surface area (Å²) >= 11 is 3.44. The Hall–Kier alpha value is -1.60. The molecular formula is C19H28BrN3O3. The van der Waals surface area contributed by atoms with E-state index in [0.29, 0.717) is 19.7 Å². The molecule has 26 heavy (non-hydrogen) atoms. The van der Waals surface area contributed by atoms with Crippen LogP contribution in [0.1, 0.15) is 44.7 Å². The Morgan fingerprint density at radius 3 is 2.46 bits per heavy atom. The standard InChI is InChI=1S/C19H28BrN3O3/c1-3-17(14-5-7-15(20)8-6-14)21-13-18(24)22-16-9-11-23(12-10-16)19(25)26-4-2/h5-8,16-17,21H,3-4,9-13H2,1-2H3,(H,22,24)/t17-/m0/s1. The van der Waals surface area contributed by atoms with Gasteiger partial charge in [-0.15, -0.1) is 0 Å². The minimum Gasteiger partial charge on any atom is -0.450 e. The number of hydrogen-bond acceptors (Lipinski definition) is 4. The number of nitrogens with one attached hydrogen (secondary N) is 2. The predicted molar refractivity (Wildman–Crippen MR) is 105 cm³/mol. The number of halogens is 1. The summed E-state index contributed by atoms with van der Waals surface area (Å²) in [5.74, 6) is -0.00449. The van der Waals surface area contributed by atoms with Crippen LogP contribution in [-0.4, -0.2) is 49.2 Å². The summed E-state index contributed by atoms with van der Waals surface area (Å²) in [6.45, 7) is 5.81. The number of piperidine rings is 1. The van der Waals surface area contributed by atoms with Gasteiger partial charge in [-0.05, 0) is 43.9 Å². The van der Waals surface area contributed by atoms with Gasteiger partial charge in [0.05, 0.1) is 13.2 Å². The van der Waals surface area contributed by atoms with Gasteiger partial charge in [0.25, 0.3) is 0 Å². The number of carbonyl (C=O) groups excluding carboxylic acids is 2. The van der Waals surface area contributed by atoms with Crippen molar-refractivity contribution in [3.8, 4) is 0 Å². The van der Waals surface area contributed by atoms with E-state index >= 15 is 0 Å². The molecule has 2 amide bonds. The minimum absolute atomic E-state index is 0.00449. The quantitative estimate of drug-likeness (QED) is 0.703. The third-order valence-corrected chi connectivity index (χ3v) is 5.10. The van der Waals surface area contributed by atoms with Crippen LogP contribution in [0.25, 0.3) is 0 Å². The number of rotatable bonds is 7. The van der Waals surface area contributed by atoms with Gasteiger partial charge < -0.3 is 20.3 Å². The van der Waals surface area contributed by atoms with Gasteiger partial charge in [-0.25, -0.2) is 4.79 Å². The molecular weight excluding hydrogens is 398 g/mol. The van der Waals surface area contributed by atoms with Gasteiger partial charge in [0.2, 0.25) is 5.91 Å². The van der Waals surface area contributed by atoms with Crippen LogP contribution in [0.2, 0.25) is 0 Å². The molecule has 7 heteroatoms. The maximum Gasteiger partial charge on any atom is 0.409 e. The topological polar surface area (TPSA) is 70.7 Å². The van der Waals surface area contributed by atoms with Crippen LogP contribution in [0.4, 0.5) is 4.79 Å². The average molecular weight is 426 g/mol. The maximum atomic E-state index is 12.2. The number of amides is 2. The molecule has 0 saturated carbocycles. The van der Waals surface area contributed by atoms with Crippen molar-refractivity contribution in [1.29, 1.82) is 0 Å². The summed E-state index contributed by atoms with van der Waals surface area (Å²) in [6.07, 6.45) is 2.16. The van der Waals surface area contributed by atoms with E-state index in [0.717, 1.165) is 23.7 Å². The normalized spacial score (nSPS) is 16.2. The first-order valence-electron chi connectivity index (χ1n) is 9.23. The number of ether oxygens (including phenoxy) is 1. The second-order valence-corrected chi connectivity index (χ2v) is 7.34. The molecule has 0 radical (unpaired) electrons. The van der Waals surface area contributed by atoms with Gasteiger partial charge in [0.15, 0.2) is 0 Å². The van der Waals surface area contributed by atoms with Crippen molar-refractivity contribution in [1.82, 2.24) is 15.5 Å². The van der Waals surface area contributed by atoms with E-state index in [-0.39, 0.29) is 30.6 Å². The van der Waals surface area contributed by atoms with E-state index in [2.05, 4.69) is 45.6 Å².